The Labute approximate surface area is 110 Å². The summed E-state index contributed by atoms with van der Waals surface area (Å²) in [5.74, 6) is 7.19. The highest BCUT2D eigenvalue weighted by atomic mass is 32.1. The predicted molar refractivity (Wildman–Crippen MR) is 73.0 cm³/mol. The summed E-state index contributed by atoms with van der Waals surface area (Å²) in [6, 6.07) is 7.56. The molecular weight excluding hydrogens is 248 g/mol. The maximum atomic E-state index is 5.69. The molecule has 0 aliphatic heterocycles. The summed E-state index contributed by atoms with van der Waals surface area (Å²) in [5.41, 5.74) is 4.81. The summed E-state index contributed by atoms with van der Waals surface area (Å²) in [7, 11) is 3.28. The summed E-state index contributed by atoms with van der Waals surface area (Å²) in [6.07, 6.45) is 0. The summed E-state index contributed by atoms with van der Waals surface area (Å²) < 4.78 is 10.8. The van der Waals surface area contributed by atoms with Gasteiger partial charge in [0.2, 0.25) is 0 Å². The Kier molecular flexibility index (Phi) is 4.19. The minimum Gasteiger partial charge on any atom is -0.496 e. The van der Waals surface area contributed by atoms with E-state index in [-0.39, 0.29) is 6.04 Å². The molecule has 4 nitrogen and oxygen atoms in total. The Bertz CT molecular complexity index is 477. The van der Waals surface area contributed by atoms with Crippen LogP contribution in [0.2, 0.25) is 0 Å². The fourth-order valence-corrected chi connectivity index (χ4v) is 2.64. The summed E-state index contributed by atoms with van der Waals surface area (Å²) in [5, 5.41) is 4.07. The van der Waals surface area contributed by atoms with Gasteiger partial charge in [-0.2, -0.15) is 11.3 Å². The molecule has 0 aliphatic rings. The van der Waals surface area contributed by atoms with Crippen molar-refractivity contribution in [3.8, 4) is 11.5 Å². The molecule has 1 aromatic heterocycles. The van der Waals surface area contributed by atoms with Crippen molar-refractivity contribution in [1.82, 2.24) is 5.43 Å². The molecule has 0 fully saturated rings. The van der Waals surface area contributed by atoms with E-state index in [2.05, 4.69) is 10.8 Å². The Morgan fingerprint density at radius 3 is 2.28 bits per heavy atom. The van der Waals surface area contributed by atoms with E-state index in [1.54, 1.807) is 25.6 Å². The van der Waals surface area contributed by atoms with Gasteiger partial charge in [0, 0.05) is 0 Å². The lowest BCUT2D eigenvalue weighted by Gasteiger charge is -2.20. The molecule has 18 heavy (non-hydrogen) atoms. The van der Waals surface area contributed by atoms with Crippen molar-refractivity contribution in [3.05, 3.63) is 46.2 Å². The van der Waals surface area contributed by atoms with Crippen LogP contribution in [0.25, 0.3) is 0 Å². The van der Waals surface area contributed by atoms with Crippen molar-refractivity contribution in [2.45, 2.75) is 6.04 Å². The first kappa shape index (κ1) is 12.9. The van der Waals surface area contributed by atoms with Crippen molar-refractivity contribution in [2.75, 3.05) is 14.2 Å². The number of benzene rings is 1. The Morgan fingerprint density at radius 1 is 1.17 bits per heavy atom. The zero-order valence-electron chi connectivity index (χ0n) is 10.3. The van der Waals surface area contributed by atoms with Crippen LogP contribution in [0.4, 0.5) is 0 Å². The number of hydrazine groups is 1. The normalized spacial score (nSPS) is 12.2. The van der Waals surface area contributed by atoms with Gasteiger partial charge in [0.15, 0.2) is 0 Å². The first-order chi connectivity index (χ1) is 8.81. The molecule has 1 atom stereocenters. The first-order valence-electron chi connectivity index (χ1n) is 5.51. The highest BCUT2D eigenvalue weighted by Gasteiger charge is 2.21. The molecule has 5 heteroatoms. The third-order valence-electron chi connectivity index (χ3n) is 2.80. The zero-order valence-corrected chi connectivity index (χ0v) is 11.2. The number of nitrogens with two attached hydrogens (primary N) is 1. The van der Waals surface area contributed by atoms with E-state index in [1.807, 2.05) is 29.6 Å². The largest absolute Gasteiger partial charge is 0.496 e. The lowest BCUT2D eigenvalue weighted by Crippen LogP contribution is -2.29. The van der Waals surface area contributed by atoms with E-state index in [9.17, 15) is 0 Å². The van der Waals surface area contributed by atoms with Crippen LogP contribution in [0.1, 0.15) is 17.2 Å². The molecule has 1 unspecified atom stereocenters. The van der Waals surface area contributed by atoms with Crippen molar-refractivity contribution < 1.29 is 9.47 Å². The Hall–Kier alpha value is -1.56. The highest BCUT2D eigenvalue weighted by molar-refractivity contribution is 7.08. The molecule has 0 amide bonds. The standard InChI is InChI=1S/C13H16N2O2S/c1-16-10-4-3-5-11(17-2)12(10)13(15-14)9-6-7-18-8-9/h3-8,13,15H,14H2,1-2H3. The van der Waals surface area contributed by atoms with Gasteiger partial charge in [0.05, 0.1) is 25.8 Å². The smallest absolute Gasteiger partial charge is 0.127 e. The van der Waals surface area contributed by atoms with Crippen molar-refractivity contribution >= 4 is 11.3 Å². The average Bonchev–Trinajstić information content (AvgIpc) is 2.93. The Balaban J connectivity index is 2.53. The molecule has 0 radical (unpaired) electrons. The molecule has 1 aromatic carbocycles. The average molecular weight is 264 g/mol. The second-order valence-corrected chi connectivity index (χ2v) is 4.51. The van der Waals surface area contributed by atoms with Gasteiger partial charge in [-0.1, -0.05) is 6.07 Å². The molecule has 3 N–H and O–H groups in total. The van der Waals surface area contributed by atoms with Gasteiger partial charge in [-0.15, -0.1) is 0 Å². The van der Waals surface area contributed by atoms with Crippen LogP contribution in [-0.4, -0.2) is 14.2 Å². The van der Waals surface area contributed by atoms with Gasteiger partial charge in [-0.05, 0) is 34.5 Å². The number of methoxy groups -OCH3 is 2. The monoisotopic (exact) mass is 264 g/mol. The number of hydrogen-bond donors (Lipinski definition) is 2. The SMILES string of the molecule is COc1cccc(OC)c1C(NN)c1ccsc1. The van der Waals surface area contributed by atoms with E-state index in [1.165, 1.54) is 0 Å². The van der Waals surface area contributed by atoms with Crippen LogP contribution in [0.5, 0.6) is 11.5 Å². The molecule has 0 bridgehead atoms. The molecule has 96 valence electrons. The van der Waals surface area contributed by atoms with Crippen LogP contribution >= 0.6 is 11.3 Å². The summed E-state index contributed by atoms with van der Waals surface area (Å²) >= 11 is 1.63. The number of hydrogen-bond acceptors (Lipinski definition) is 5. The van der Waals surface area contributed by atoms with Gasteiger partial charge < -0.3 is 9.47 Å². The fraction of sp³-hybridized carbons (Fsp3) is 0.231. The molecule has 0 saturated carbocycles. The lowest BCUT2D eigenvalue weighted by atomic mass is 10.00. The van der Waals surface area contributed by atoms with Gasteiger partial charge in [0.1, 0.15) is 11.5 Å². The second-order valence-electron chi connectivity index (χ2n) is 3.73. The second kappa shape index (κ2) is 5.86. The van der Waals surface area contributed by atoms with E-state index in [0.29, 0.717) is 0 Å². The number of nitrogens with one attached hydrogen (secondary N) is 1. The van der Waals surface area contributed by atoms with Crippen molar-refractivity contribution in [3.63, 3.8) is 0 Å². The lowest BCUT2D eigenvalue weighted by molar-refractivity contribution is 0.377. The maximum absolute atomic E-state index is 5.69. The van der Waals surface area contributed by atoms with Gasteiger partial charge in [-0.3, -0.25) is 5.84 Å². The fourth-order valence-electron chi connectivity index (χ4n) is 1.95. The van der Waals surface area contributed by atoms with Crippen molar-refractivity contribution in [2.24, 2.45) is 5.84 Å². The first-order valence-corrected chi connectivity index (χ1v) is 6.45. The van der Waals surface area contributed by atoms with Crippen LogP contribution in [0, 0.1) is 0 Å². The topological polar surface area (TPSA) is 56.5 Å². The van der Waals surface area contributed by atoms with Crippen LogP contribution < -0.4 is 20.7 Å². The van der Waals surface area contributed by atoms with E-state index < -0.39 is 0 Å². The van der Waals surface area contributed by atoms with Crippen LogP contribution in [0.15, 0.2) is 35.0 Å². The van der Waals surface area contributed by atoms with Gasteiger partial charge >= 0.3 is 0 Å². The quantitative estimate of drug-likeness (QED) is 0.643. The van der Waals surface area contributed by atoms with Gasteiger partial charge in [-0.25, -0.2) is 5.43 Å². The maximum Gasteiger partial charge on any atom is 0.127 e. The predicted octanol–water partition coefficient (Wildman–Crippen LogP) is 2.32. The Morgan fingerprint density at radius 2 is 1.83 bits per heavy atom. The third-order valence-corrected chi connectivity index (χ3v) is 3.50. The molecule has 0 spiro atoms. The van der Waals surface area contributed by atoms with E-state index >= 15 is 0 Å². The number of ether oxygens (including phenoxy) is 2. The van der Waals surface area contributed by atoms with E-state index in [0.717, 1.165) is 22.6 Å². The highest BCUT2D eigenvalue weighted by Crippen LogP contribution is 2.37. The minimum atomic E-state index is -0.151. The van der Waals surface area contributed by atoms with Crippen LogP contribution in [-0.2, 0) is 0 Å². The molecule has 1 heterocycles. The summed E-state index contributed by atoms with van der Waals surface area (Å²) in [6.45, 7) is 0. The number of thiophene rings is 1. The molecule has 0 aliphatic carbocycles. The van der Waals surface area contributed by atoms with Crippen molar-refractivity contribution in [1.29, 1.82) is 0 Å². The zero-order chi connectivity index (χ0) is 13.0. The molecular formula is C13H16N2O2S. The van der Waals surface area contributed by atoms with E-state index in [4.69, 9.17) is 15.3 Å². The number of rotatable bonds is 5. The van der Waals surface area contributed by atoms with Crippen LogP contribution in [0.3, 0.4) is 0 Å². The van der Waals surface area contributed by atoms with Gasteiger partial charge in [0.25, 0.3) is 0 Å². The summed E-state index contributed by atoms with van der Waals surface area (Å²) in [4.78, 5) is 0. The third kappa shape index (κ3) is 2.33. The minimum absolute atomic E-state index is 0.151. The molecule has 0 saturated heterocycles. The molecule has 2 rings (SSSR count). The molecule has 2 aromatic rings.